The van der Waals surface area contributed by atoms with Gasteiger partial charge in [-0.2, -0.15) is 0 Å². The van der Waals surface area contributed by atoms with Gasteiger partial charge in [-0.15, -0.1) is 0 Å². The van der Waals surface area contributed by atoms with E-state index in [9.17, 15) is 19.2 Å². The van der Waals surface area contributed by atoms with E-state index in [1.807, 2.05) is 121 Å². The molecule has 13 heteroatoms. The van der Waals surface area contributed by atoms with Gasteiger partial charge >= 0.3 is 5.97 Å². The number of benzene rings is 6. The number of nitrogens with one attached hydrogen (secondary N) is 2. The number of carbonyl (C=O) groups is 3. The highest BCUT2D eigenvalue weighted by Gasteiger charge is 2.24. The number of carbonyl (C=O) groups excluding carboxylic acids is 4. The molecule has 70 heavy (non-hydrogen) atoms. The van der Waals surface area contributed by atoms with E-state index in [0.29, 0.717) is 83.4 Å². The van der Waals surface area contributed by atoms with Crippen LogP contribution in [-0.2, 0) is 25.5 Å². The first kappa shape index (κ1) is 49.4. The number of pyridine rings is 1. The van der Waals surface area contributed by atoms with Crippen LogP contribution in [0.4, 0.5) is 23.0 Å². The van der Waals surface area contributed by atoms with Gasteiger partial charge in [-0.25, -0.2) is 14.6 Å². The zero-order valence-corrected chi connectivity index (χ0v) is 39.5. The number of ether oxygens (including phenoxy) is 4. The molecule has 0 saturated heterocycles. The average molecular weight is 938 g/mol. The number of anilines is 4. The van der Waals surface area contributed by atoms with Gasteiger partial charge in [0.1, 0.15) is 48.3 Å². The van der Waals surface area contributed by atoms with Crippen LogP contribution in [0.5, 0.6) is 11.5 Å². The molecular formula is C57H55N5O8. The van der Waals surface area contributed by atoms with Gasteiger partial charge in [-0.3, -0.25) is 9.59 Å². The summed E-state index contributed by atoms with van der Waals surface area (Å²) in [4.78, 5) is 60.8. The van der Waals surface area contributed by atoms with Crippen LogP contribution in [0.2, 0.25) is 0 Å². The molecule has 0 fully saturated rings. The second-order valence-corrected chi connectivity index (χ2v) is 16.2. The minimum atomic E-state index is -0.878. The van der Waals surface area contributed by atoms with Crippen molar-refractivity contribution in [3.8, 4) is 11.5 Å². The maximum Gasteiger partial charge on any atom is 0.328 e. The van der Waals surface area contributed by atoms with Gasteiger partial charge in [-0.1, -0.05) is 115 Å². The first-order chi connectivity index (χ1) is 34.1. The van der Waals surface area contributed by atoms with Gasteiger partial charge in [0.05, 0.1) is 25.8 Å². The van der Waals surface area contributed by atoms with Crippen LogP contribution in [0.15, 0.2) is 176 Å². The zero-order valence-electron chi connectivity index (χ0n) is 39.5. The SMILES string of the molecule is COC(=O)[C@H](Cc1ccc(OCCN(C)c2cccc(N(C)CCOc3ccc(C(=C=O)[C@@H](Nc4ccccc4C(=O)c4ccccc4)OC)cc3)n2)cc1)Nc1ccccc1C(=O)c1ccccc1. The van der Waals surface area contributed by atoms with E-state index < -0.39 is 18.2 Å². The average Bonchev–Trinajstić information content (AvgIpc) is 3.41. The summed E-state index contributed by atoms with van der Waals surface area (Å²) in [5, 5.41) is 6.47. The summed E-state index contributed by atoms with van der Waals surface area (Å²) in [6.45, 7) is 1.90. The molecule has 1 aromatic heterocycles. The smallest absolute Gasteiger partial charge is 0.328 e. The Kier molecular flexibility index (Phi) is 17.3. The zero-order chi connectivity index (χ0) is 49.2. The minimum Gasteiger partial charge on any atom is -0.492 e. The van der Waals surface area contributed by atoms with Crippen molar-refractivity contribution >= 4 is 52.1 Å². The summed E-state index contributed by atoms with van der Waals surface area (Å²) in [6.07, 6.45) is -0.552. The number of aromatic nitrogens is 1. The molecule has 0 spiro atoms. The molecule has 2 atom stereocenters. The van der Waals surface area contributed by atoms with E-state index in [-0.39, 0.29) is 17.1 Å². The Morgan fingerprint density at radius 1 is 0.557 bits per heavy atom. The Balaban J connectivity index is 0.869. The number of hydrogen-bond acceptors (Lipinski definition) is 13. The lowest BCUT2D eigenvalue weighted by Gasteiger charge is -2.23. The van der Waals surface area contributed by atoms with Crippen molar-refractivity contribution in [1.29, 1.82) is 0 Å². The number of para-hydroxylation sites is 2. The molecule has 13 nitrogen and oxygen atoms in total. The number of methoxy groups -OCH3 is 2. The molecule has 0 saturated carbocycles. The fraction of sp³-hybridized carbons (Fsp3) is 0.193. The third-order valence-corrected chi connectivity index (χ3v) is 11.5. The highest BCUT2D eigenvalue weighted by atomic mass is 16.5. The Labute approximate surface area is 408 Å². The van der Waals surface area contributed by atoms with Crippen molar-refractivity contribution in [1.82, 2.24) is 4.98 Å². The van der Waals surface area contributed by atoms with Crippen molar-refractivity contribution in [3.63, 3.8) is 0 Å². The number of rotatable bonds is 24. The van der Waals surface area contributed by atoms with Gasteiger partial charge < -0.3 is 39.4 Å². The van der Waals surface area contributed by atoms with Gasteiger partial charge in [0.2, 0.25) is 0 Å². The minimum absolute atomic E-state index is 0.144. The molecule has 0 aliphatic carbocycles. The second-order valence-electron chi connectivity index (χ2n) is 16.2. The molecule has 1 heterocycles. The first-order valence-corrected chi connectivity index (χ1v) is 22.8. The largest absolute Gasteiger partial charge is 0.492 e. The van der Waals surface area contributed by atoms with Crippen LogP contribution in [0, 0.1) is 0 Å². The fourth-order valence-electron chi connectivity index (χ4n) is 7.64. The molecule has 0 bridgehead atoms. The molecule has 0 amide bonds. The summed E-state index contributed by atoms with van der Waals surface area (Å²) in [6, 6.07) is 52.1. The van der Waals surface area contributed by atoms with Crippen molar-refractivity contribution in [2.45, 2.75) is 18.7 Å². The fourth-order valence-corrected chi connectivity index (χ4v) is 7.64. The van der Waals surface area contributed by atoms with Gasteiger partial charge in [-0.05, 0) is 71.8 Å². The van der Waals surface area contributed by atoms with Crippen molar-refractivity contribution in [3.05, 3.63) is 209 Å². The van der Waals surface area contributed by atoms with Crippen LogP contribution in [0.1, 0.15) is 43.0 Å². The van der Waals surface area contributed by atoms with Crippen LogP contribution in [-0.4, -0.2) is 95.3 Å². The Bertz CT molecular complexity index is 2890. The predicted octanol–water partition coefficient (Wildman–Crippen LogP) is 9.07. The number of ketones is 2. The molecule has 0 radical (unpaired) electrons. The monoisotopic (exact) mass is 937 g/mol. The van der Waals surface area contributed by atoms with Crippen molar-refractivity contribution in [2.24, 2.45) is 0 Å². The van der Waals surface area contributed by atoms with Crippen LogP contribution < -0.4 is 29.9 Å². The van der Waals surface area contributed by atoms with E-state index in [4.69, 9.17) is 23.9 Å². The third-order valence-electron chi connectivity index (χ3n) is 11.5. The van der Waals surface area contributed by atoms with E-state index in [1.54, 1.807) is 84.9 Å². The van der Waals surface area contributed by atoms with Gasteiger partial charge in [0.15, 0.2) is 17.8 Å². The summed E-state index contributed by atoms with van der Waals surface area (Å²) < 4.78 is 23.0. The Hall–Kier alpha value is -8.51. The molecule has 7 rings (SSSR count). The highest BCUT2D eigenvalue weighted by Crippen LogP contribution is 2.27. The summed E-state index contributed by atoms with van der Waals surface area (Å²) in [7, 11) is 6.74. The van der Waals surface area contributed by atoms with Gasteiger partial charge in [0, 0.05) is 61.3 Å². The molecule has 6 aromatic carbocycles. The predicted molar refractivity (Wildman–Crippen MR) is 274 cm³/mol. The molecule has 0 aliphatic rings. The molecule has 7 aromatic rings. The highest BCUT2D eigenvalue weighted by molar-refractivity contribution is 6.13. The Morgan fingerprint density at radius 3 is 1.51 bits per heavy atom. The lowest BCUT2D eigenvalue weighted by Crippen LogP contribution is -2.33. The lowest BCUT2D eigenvalue weighted by molar-refractivity contribution is -0.141. The third kappa shape index (κ3) is 12.9. The second kappa shape index (κ2) is 24.5. The quantitative estimate of drug-likeness (QED) is 0.0257. The molecule has 0 aliphatic heterocycles. The molecule has 2 N–H and O–H groups in total. The first-order valence-electron chi connectivity index (χ1n) is 22.8. The maximum absolute atomic E-state index is 13.3. The van der Waals surface area contributed by atoms with E-state index in [1.165, 1.54) is 14.2 Å². The Morgan fingerprint density at radius 2 is 1.03 bits per heavy atom. The van der Waals surface area contributed by atoms with E-state index >= 15 is 0 Å². The summed E-state index contributed by atoms with van der Waals surface area (Å²) in [5.74, 6) is 4.15. The van der Waals surface area contributed by atoms with Gasteiger partial charge in [0.25, 0.3) is 0 Å². The lowest BCUT2D eigenvalue weighted by atomic mass is 10.00. The topological polar surface area (TPSA) is 149 Å². The number of esters is 1. The van der Waals surface area contributed by atoms with Crippen LogP contribution >= 0.6 is 0 Å². The van der Waals surface area contributed by atoms with E-state index in [2.05, 4.69) is 10.6 Å². The number of hydrogen-bond donors (Lipinski definition) is 2. The molecular weight excluding hydrogens is 883 g/mol. The van der Waals surface area contributed by atoms with Crippen molar-refractivity contribution in [2.75, 3.05) is 75.1 Å². The van der Waals surface area contributed by atoms with E-state index in [0.717, 1.165) is 17.2 Å². The standard InChI is InChI=1S/C57H55N5O8/c1-61(34-36-69-44-30-26-40(27-31-44)38-51(57(66)68-4)58-49-22-13-11-20-46(49)54(64)42-16-7-5-8-17-42)52-24-15-25-53(60-52)62(2)35-37-70-45-32-28-41(29-33-45)48(39-63)56(67-3)59-50-23-14-12-21-47(50)55(65)43-18-9-6-10-19-43/h5-33,51,56,58-59H,34-38H2,1-4H3/t51-,56-/m0/s1. The number of likely N-dealkylation sites (N-methyl/N-ethyl adjacent to an activating group) is 2. The van der Waals surface area contributed by atoms with Crippen molar-refractivity contribution < 1.29 is 38.1 Å². The van der Waals surface area contributed by atoms with Crippen LogP contribution in [0.25, 0.3) is 5.57 Å². The molecule has 0 unspecified atom stereocenters. The van der Waals surface area contributed by atoms with Crippen LogP contribution in [0.3, 0.4) is 0 Å². The summed E-state index contributed by atoms with van der Waals surface area (Å²) in [5.41, 5.74) is 4.81. The normalized spacial score (nSPS) is 11.5. The summed E-state index contributed by atoms with van der Waals surface area (Å²) >= 11 is 0. The number of nitrogens with zero attached hydrogens (tertiary/aromatic N) is 3. The molecule has 356 valence electrons. The maximum atomic E-state index is 13.3.